The van der Waals surface area contributed by atoms with Crippen molar-refractivity contribution in [3.8, 4) is 0 Å². The second-order valence-electron chi connectivity index (χ2n) is 7.21. The third kappa shape index (κ3) is 8.15. The van der Waals surface area contributed by atoms with Gasteiger partial charge in [0.25, 0.3) is 0 Å². The van der Waals surface area contributed by atoms with Crippen molar-refractivity contribution in [1.82, 2.24) is 25.6 Å². The van der Waals surface area contributed by atoms with E-state index in [1.165, 1.54) is 18.5 Å². The van der Waals surface area contributed by atoms with E-state index in [9.17, 15) is 9.59 Å². The molecular weight excluding hydrogens is 606 g/mol. The molecule has 0 saturated carbocycles. The first kappa shape index (κ1) is 27.4. The summed E-state index contributed by atoms with van der Waals surface area (Å²) in [5.41, 5.74) is 0.692. The van der Waals surface area contributed by atoms with Gasteiger partial charge in [0.1, 0.15) is 0 Å². The first-order valence-corrected chi connectivity index (χ1v) is 13.3. The van der Waals surface area contributed by atoms with Gasteiger partial charge in [-0.3, -0.25) is 9.89 Å². The molecule has 1 aromatic rings. The van der Waals surface area contributed by atoms with Gasteiger partial charge in [0, 0.05) is 24.0 Å². The summed E-state index contributed by atoms with van der Waals surface area (Å²) >= 11 is 1.86. The van der Waals surface area contributed by atoms with E-state index in [0.29, 0.717) is 31.8 Å². The van der Waals surface area contributed by atoms with Crippen molar-refractivity contribution >= 4 is 31.7 Å². The second-order valence-corrected chi connectivity index (χ2v) is 11.7. The molecule has 0 bridgehead atoms. The number of hydrogen-bond acceptors (Lipinski definition) is 5. The number of unbranched alkanes of at least 4 members (excludes halogenated alkanes) is 1. The number of aliphatic carboxylic acids is 1. The molecule has 3 rings (SSSR count). The molecule has 30 heavy (non-hydrogen) atoms. The summed E-state index contributed by atoms with van der Waals surface area (Å²) in [4.78, 5) is 24.5. The molecule has 0 radical (unpaired) electrons. The van der Waals surface area contributed by atoms with Gasteiger partial charge in [0.05, 0.1) is 12.1 Å². The van der Waals surface area contributed by atoms with Crippen LogP contribution in [0, 0.1) is 6.20 Å². The van der Waals surface area contributed by atoms with Gasteiger partial charge in [-0.25, -0.2) is 4.79 Å². The fourth-order valence-corrected chi connectivity index (χ4v) is 6.71. The fourth-order valence-electron chi connectivity index (χ4n) is 3.77. The first-order chi connectivity index (χ1) is 14.0. The largest absolute Gasteiger partial charge is 1.00 e. The van der Waals surface area contributed by atoms with E-state index in [1.54, 1.807) is 0 Å². The van der Waals surface area contributed by atoms with Gasteiger partial charge >= 0.3 is 34.4 Å². The minimum Gasteiger partial charge on any atom is -0.481 e. The quantitative estimate of drug-likeness (QED) is 0.119. The number of urea groups is 1. The molecular formula is C19H33AuN5O3PS. The van der Waals surface area contributed by atoms with Crippen molar-refractivity contribution in [1.29, 1.82) is 0 Å². The number of thioether (sulfide) groups is 1. The SMILES string of the molecule is CCP(CC)CC.O=C(O)CCCCC1SCC2NC(=O)N(Cc3[c-]nn[nH]3)C21.[Au+]. The molecule has 3 N–H and O–H groups in total. The molecule has 2 saturated heterocycles. The Balaban J connectivity index is 0.000000489. The third-order valence-electron chi connectivity index (χ3n) is 5.43. The average molecular weight is 640 g/mol. The Morgan fingerprint density at radius 3 is 2.53 bits per heavy atom. The molecule has 2 amide bonds. The van der Waals surface area contributed by atoms with Crippen LogP contribution in [0.1, 0.15) is 52.1 Å². The van der Waals surface area contributed by atoms with E-state index in [0.717, 1.165) is 18.6 Å². The van der Waals surface area contributed by atoms with Crippen molar-refractivity contribution in [2.45, 2.75) is 70.3 Å². The van der Waals surface area contributed by atoms with Crippen molar-refractivity contribution in [2.75, 3.05) is 24.2 Å². The Morgan fingerprint density at radius 1 is 1.30 bits per heavy atom. The van der Waals surface area contributed by atoms with Gasteiger partial charge in [-0.1, -0.05) is 27.2 Å². The summed E-state index contributed by atoms with van der Waals surface area (Å²) in [6.07, 6.45) is 9.68. The number of carbonyl (C=O) groups excluding carboxylic acids is 1. The summed E-state index contributed by atoms with van der Waals surface area (Å²) in [5, 5.41) is 22.0. The maximum atomic E-state index is 12.1. The van der Waals surface area contributed by atoms with Crippen LogP contribution in [0.3, 0.4) is 0 Å². The maximum Gasteiger partial charge on any atom is 1.00 e. The van der Waals surface area contributed by atoms with Crippen molar-refractivity contribution in [3.05, 3.63) is 11.9 Å². The van der Waals surface area contributed by atoms with Crippen LogP contribution < -0.4 is 5.32 Å². The monoisotopic (exact) mass is 639 g/mol. The zero-order valence-electron chi connectivity index (χ0n) is 17.9. The molecule has 8 nitrogen and oxygen atoms in total. The topological polar surface area (TPSA) is 111 Å². The van der Waals surface area contributed by atoms with Crippen LogP contribution >= 0.6 is 19.7 Å². The van der Waals surface area contributed by atoms with Crippen molar-refractivity contribution in [2.24, 2.45) is 0 Å². The van der Waals surface area contributed by atoms with Crippen molar-refractivity contribution < 1.29 is 37.1 Å². The molecule has 3 atom stereocenters. The minimum atomic E-state index is -0.751. The van der Waals surface area contributed by atoms with Gasteiger partial charge in [-0.15, -0.1) is 18.8 Å². The fraction of sp³-hybridized carbons (Fsp3) is 0.789. The second kappa shape index (κ2) is 14.5. The van der Waals surface area contributed by atoms with Crippen LogP contribution in [0.25, 0.3) is 0 Å². The van der Waals surface area contributed by atoms with E-state index in [-0.39, 0.29) is 46.9 Å². The molecule has 2 fully saturated rings. The van der Waals surface area contributed by atoms with E-state index >= 15 is 0 Å². The van der Waals surface area contributed by atoms with Crippen LogP contribution in [0.15, 0.2) is 0 Å². The van der Waals surface area contributed by atoms with E-state index < -0.39 is 5.97 Å². The number of hydrogen-bond donors (Lipinski definition) is 3. The van der Waals surface area contributed by atoms with Gasteiger partial charge in [0.15, 0.2) is 0 Å². The van der Waals surface area contributed by atoms with Crippen LogP contribution in [0.2, 0.25) is 0 Å². The number of aromatic nitrogens is 3. The number of rotatable bonds is 10. The van der Waals surface area contributed by atoms with Crippen LogP contribution in [-0.2, 0) is 33.7 Å². The number of aromatic amines is 1. The molecule has 2 aliphatic heterocycles. The standard InChI is InChI=1S/C13H18N5O3S.C6H15P.Au/c19-11(20)4-2-1-3-10-12-9(7-22-10)15-13(21)18(12)6-8-5-14-17-16-8;1-4-7(5-2)6-3;/h9-10,12H,1-4,6-7H2,(H,15,21)(H,19,20)(H,14,16,17);4-6H2,1-3H3;/q-1;;+1. The Labute approximate surface area is 200 Å². The van der Waals surface area contributed by atoms with E-state index in [1.807, 2.05) is 16.7 Å². The summed E-state index contributed by atoms with van der Waals surface area (Å²) in [6, 6.07) is 0.241. The van der Waals surface area contributed by atoms with Crippen LogP contribution in [0.4, 0.5) is 4.79 Å². The summed E-state index contributed by atoms with van der Waals surface area (Å²) in [7, 11) is 0.446. The maximum absolute atomic E-state index is 12.1. The van der Waals surface area contributed by atoms with E-state index in [4.69, 9.17) is 5.11 Å². The number of amides is 2. The molecule has 2 aliphatic rings. The molecule has 1 aromatic heterocycles. The third-order valence-corrected chi connectivity index (χ3v) is 9.61. The van der Waals surface area contributed by atoms with Gasteiger partial charge in [-0.2, -0.15) is 11.8 Å². The number of fused-ring (bicyclic) bond motifs is 1. The number of nitrogens with one attached hydrogen (secondary N) is 2. The number of nitrogens with zero attached hydrogens (tertiary/aromatic N) is 3. The molecule has 174 valence electrons. The molecule has 3 heterocycles. The molecule has 0 aliphatic carbocycles. The van der Waals surface area contributed by atoms with Gasteiger partial charge in [-0.05, 0) is 31.3 Å². The van der Waals surface area contributed by atoms with Crippen LogP contribution in [0.5, 0.6) is 0 Å². The summed E-state index contributed by atoms with van der Waals surface area (Å²) < 4.78 is 0. The predicted octanol–water partition coefficient (Wildman–Crippen LogP) is 3.15. The summed E-state index contributed by atoms with van der Waals surface area (Å²) in [6.45, 7) is 7.29. The number of H-pyrrole nitrogens is 1. The Morgan fingerprint density at radius 2 is 2.00 bits per heavy atom. The first-order valence-electron chi connectivity index (χ1n) is 10.4. The Hall–Kier alpha value is -0.600. The zero-order chi connectivity index (χ0) is 21.2. The summed E-state index contributed by atoms with van der Waals surface area (Å²) in [5.74, 6) is 0.153. The zero-order valence-corrected chi connectivity index (χ0v) is 21.7. The molecule has 0 spiro atoms. The number of carboxylic acids is 1. The van der Waals surface area contributed by atoms with E-state index in [2.05, 4.69) is 47.7 Å². The predicted molar refractivity (Wildman–Crippen MR) is 118 cm³/mol. The van der Waals surface area contributed by atoms with Crippen molar-refractivity contribution in [3.63, 3.8) is 0 Å². The molecule has 0 aromatic carbocycles. The Kier molecular flexibility index (Phi) is 13.2. The average Bonchev–Trinajstić information content (AvgIpc) is 3.41. The van der Waals surface area contributed by atoms with Gasteiger partial charge in [0.2, 0.25) is 0 Å². The minimum absolute atomic E-state index is 0. The Bertz CT molecular complexity index is 630. The normalized spacial score (nSPS) is 22.2. The number of carboxylic acid groups (broad SMARTS) is 1. The molecule has 3 unspecified atom stereocenters. The van der Waals surface area contributed by atoms with Crippen LogP contribution in [-0.4, -0.2) is 79.0 Å². The molecule has 11 heteroatoms. The number of carbonyl (C=O) groups is 2. The van der Waals surface area contributed by atoms with Gasteiger partial charge < -0.3 is 26.6 Å². The smallest absolute Gasteiger partial charge is 0.481 e.